The van der Waals surface area contributed by atoms with E-state index in [4.69, 9.17) is 4.74 Å². The second-order valence-corrected chi connectivity index (χ2v) is 7.78. The van der Waals surface area contributed by atoms with E-state index in [1.807, 2.05) is 48.3 Å². The second-order valence-electron chi connectivity index (χ2n) is 6.57. The summed E-state index contributed by atoms with van der Waals surface area (Å²) in [6.07, 6.45) is 6.03. The van der Waals surface area contributed by atoms with E-state index in [1.165, 1.54) is 0 Å². The fourth-order valence-electron chi connectivity index (χ4n) is 3.42. The molecule has 0 amide bonds. The molecule has 0 spiro atoms. The molecule has 4 heterocycles. The van der Waals surface area contributed by atoms with Crippen LogP contribution in [0.3, 0.4) is 0 Å². The highest BCUT2D eigenvalue weighted by molar-refractivity contribution is 7.86. The minimum Gasteiger partial charge on any atom is -0.376 e. The minimum atomic E-state index is -1.44. The first-order valence-corrected chi connectivity index (χ1v) is 10.0. The number of aromatic nitrogens is 5. The molecule has 28 heavy (non-hydrogen) atoms. The highest BCUT2D eigenvalue weighted by Gasteiger charge is 2.17. The van der Waals surface area contributed by atoms with Gasteiger partial charge in [0.05, 0.1) is 47.4 Å². The highest BCUT2D eigenvalue weighted by atomic mass is 32.2. The van der Waals surface area contributed by atoms with Gasteiger partial charge in [-0.25, -0.2) is 13.9 Å². The molecule has 0 radical (unpaired) electrons. The molecule has 8 nitrogen and oxygen atoms in total. The van der Waals surface area contributed by atoms with Crippen molar-refractivity contribution in [1.29, 1.82) is 0 Å². The molecule has 9 heteroatoms. The van der Waals surface area contributed by atoms with Crippen molar-refractivity contribution in [3.8, 4) is 5.82 Å². The van der Waals surface area contributed by atoms with Crippen molar-refractivity contribution in [3.05, 3.63) is 60.2 Å². The van der Waals surface area contributed by atoms with Crippen molar-refractivity contribution in [2.24, 2.45) is 7.05 Å². The Hall–Kier alpha value is -3.04. The zero-order valence-corrected chi connectivity index (χ0v) is 16.0. The number of rotatable bonds is 4. The standard InChI is InChI=1S/C19H18N6O2S/c1-24-19-13(9-21-24)3-2-4-16(19)23-28(26)15-5-6-18(20-11-15)25-17-7-8-27-12-14(17)10-22-25/h2-6,9-11,23H,7-8,12H2,1H3. The van der Waals surface area contributed by atoms with Crippen LogP contribution in [-0.2, 0) is 35.8 Å². The lowest BCUT2D eigenvalue weighted by Crippen LogP contribution is -2.14. The normalized spacial score (nSPS) is 14.8. The van der Waals surface area contributed by atoms with Crippen LogP contribution in [0, 0.1) is 0 Å². The van der Waals surface area contributed by atoms with Gasteiger partial charge >= 0.3 is 0 Å². The van der Waals surface area contributed by atoms with Crippen molar-refractivity contribution in [2.75, 3.05) is 11.3 Å². The maximum absolute atomic E-state index is 12.8. The lowest BCUT2D eigenvalue weighted by atomic mass is 10.2. The number of hydrogen-bond donors (Lipinski definition) is 1. The predicted molar refractivity (Wildman–Crippen MR) is 105 cm³/mol. The van der Waals surface area contributed by atoms with E-state index < -0.39 is 11.0 Å². The monoisotopic (exact) mass is 394 g/mol. The molecule has 1 aliphatic rings. The van der Waals surface area contributed by atoms with E-state index in [1.54, 1.807) is 17.1 Å². The molecule has 4 aromatic rings. The third-order valence-electron chi connectivity index (χ3n) is 4.81. The summed E-state index contributed by atoms with van der Waals surface area (Å²) >= 11 is 0. The Bertz CT molecular complexity index is 1180. The SMILES string of the molecule is Cn1ncc2cccc(NS(=O)c3ccc(-n4ncc5c4CCOC5)nc3)c21. The summed E-state index contributed by atoms with van der Waals surface area (Å²) < 4.78 is 24.9. The number of para-hydroxylation sites is 1. The molecule has 1 atom stereocenters. The number of nitrogens with zero attached hydrogens (tertiary/aromatic N) is 5. The topological polar surface area (TPSA) is 86.9 Å². The molecule has 0 saturated carbocycles. The number of anilines is 1. The van der Waals surface area contributed by atoms with Crippen molar-refractivity contribution >= 4 is 27.6 Å². The van der Waals surface area contributed by atoms with Crippen LogP contribution in [0.5, 0.6) is 0 Å². The zero-order valence-electron chi connectivity index (χ0n) is 15.2. The van der Waals surface area contributed by atoms with E-state index in [0.29, 0.717) is 23.9 Å². The number of hydrogen-bond acceptors (Lipinski definition) is 5. The van der Waals surface area contributed by atoms with Gasteiger partial charge in [0, 0.05) is 30.6 Å². The van der Waals surface area contributed by atoms with Crippen LogP contribution >= 0.6 is 0 Å². The third kappa shape index (κ3) is 2.88. The molecule has 1 aliphatic heterocycles. The Morgan fingerprint density at radius 2 is 2.07 bits per heavy atom. The lowest BCUT2D eigenvalue weighted by Gasteiger charge is -2.14. The van der Waals surface area contributed by atoms with Crippen molar-refractivity contribution in [1.82, 2.24) is 24.5 Å². The van der Waals surface area contributed by atoms with Gasteiger partial charge in [0.25, 0.3) is 0 Å². The summed E-state index contributed by atoms with van der Waals surface area (Å²) in [5.41, 5.74) is 3.88. The van der Waals surface area contributed by atoms with Crippen LogP contribution in [0.1, 0.15) is 11.3 Å². The van der Waals surface area contributed by atoms with Gasteiger partial charge in [0.2, 0.25) is 0 Å². The number of ether oxygens (including phenoxy) is 1. The third-order valence-corrected chi connectivity index (χ3v) is 5.89. The lowest BCUT2D eigenvalue weighted by molar-refractivity contribution is 0.109. The molecule has 0 fully saturated rings. The molecule has 142 valence electrons. The van der Waals surface area contributed by atoms with E-state index in [9.17, 15) is 4.21 Å². The van der Waals surface area contributed by atoms with Crippen LogP contribution in [0.25, 0.3) is 16.7 Å². The fraction of sp³-hybridized carbons (Fsp3) is 0.211. The van der Waals surface area contributed by atoms with Gasteiger partial charge in [0.1, 0.15) is 0 Å². The Balaban J connectivity index is 1.40. The van der Waals surface area contributed by atoms with Crippen molar-refractivity contribution in [2.45, 2.75) is 17.9 Å². The summed E-state index contributed by atoms with van der Waals surface area (Å²) in [5, 5.41) is 9.67. The molecule has 0 saturated heterocycles. The summed E-state index contributed by atoms with van der Waals surface area (Å²) in [5.74, 6) is 0.706. The smallest absolute Gasteiger partial charge is 0.153 e. The minimum absolute atomic E-state index is 0.584. The fourth-order valence-corrected chi connectivity index (χ4v) is 4.25. The van der Waals surface area contributed by atoms with Crippen LogP contribution in [0.15, 0.2) is 53.8 Å². The molecule has 1 unspecified atom stereocenters. The van der Waals surface area contributed by atoms with Gasteiger partial charge in [0.15, 0.2) is 16.8 Å². The summed E-state index contributed by atoms with van der Waals surface area (Å²) in [6, 6.07) is 9.42. The molecule has 5 rings (SSSR count). The maximum Gasteiger partial charge on any atom is 0.153 e. The van der Waals surface area contributed by atoms with Gasteiger partial charge in [-0.1, -0.05) is 12.1 Å². The Labute approximate surface area is 163 Å². The van der Waals surface area contributed by atoms with Gasteiger partial charge in [-0.2, -0.15) is 10.2 Å². The number of aryl methyl sites for hydroxylation is 1. The van der Waals surface area contributed by atoms with Crippen molar-refractivity contribution in [3.63, 3.8) is 0 Å². The molecule has 1 aromatic carbocycles. The Morgan fingerprint density at radius 3 is 2.93 bits per heavy atom. The first kappa shape index (κ1) is 17.1. The first-order valence-electron chi connectivity index (χ1n) is 8.90. The van der Waals surface area contributed by atoms with Crippen molar-refractivity contribution < 1.29 is 8.95 Å². The number of fused-ring (bicyclic) bond motifs is 2. The average molecular weight is 394 g/mol. The molecular formula is C19H18N6O2S. The molecule has 0 bridgehead atoms. The largest absolute Gasteiger partial charge is 0.376 e. The van der Waals surface area contributed by atoms with Crippen LogP contribution in [-0.4, -0.2) is 35.4 Å². The van der Waals surface area contributed by atoms with Gasteiger partial charge in [-0.05, 0) is 18.2 Å². The van der Waals surface area contributed by atoms with E-state index in [-0.39, 0.29) is 0 Å². The molecule has 0 aliphatic carbocycles. The average Bonchev–Trinajstić information content (AvgIpc) is 3.33. The van der Waals surface area contributed by atoms with E-state index in [0.717, 1.165) is 34.3 Å². The predicted octanol–water partition coefficient (Wildman–Crippen LogP) is 2.36. The van der Waals surface area contributed by atoms with Gasteiger partial charge in [-0.3, -0.25) is 9.40 Å². The van der Waals surface area contributed by atoms with Gasteiger partial charge < -0.3 is 4.74 Å². The van der Waals surface area contributed by atoms with E-state index >= 15 is 0 Å². The maximum atomic E-state index is 12.8. The number of pyridine rings is 1. The van der Waals surface area contributed by atoms with Crippen LogP contribution < -0.4 is 4.72 Å². The van der Waals surface area contributed by atoms with E-state index in [2.05, 4.69) is 19.9 Å². The number of benzene rings is 1. The highest BCUT2D eigenvalue weighted by Crippen LogP contribution is 2.24. The molecule has 1 N–H and O–H groups in total. The first-order chi connectivity index (χ1) is 13.7. The quantitative estimate of drug-likeness (QED) is 0.574. The van der Waals surface area contributed by atoms with Gasteiger partial charge in [-0.15, -0.1) is 0 Å². The second kappa shape index (κ2) is 6.84. The van der Waals surface area contributed by atoms with Crippen LogP contribution in [0.2, 0.25) is 0 Å². The Kier molecular flexibility index (Phi) is 4.18. The molecule has 3 aromatic heterocycles. The van der Waals surface area contributed by atoms with Crippen LogP contribution in [0.4, 0.5) is 5.69 Å². The zero-order chi connectivity index (χ0) is 19.1. The Morgan fingerprint density at radius 1 is 1.14 bits per heavy atom. The summed E-state index contributed by atoms with van der Waals surface area (Å²) in [6.45, 7) is 1.27. The molecular weight excluding hydrogens is 376 g/mol. The summed E-state index contributed by atoms with van der Waals surface area (Å²) in [4.78, 5) is 5.06. The summed E-state index contributed by atoms with van der Waals surface area (Å²) in [7, 11) is 0.421. The number of nitrogens with one attached hydrogen (secondary N) is 1.